The number of likely N-dealkylation sites (tertiary alicyclic amines) is 4. The van der Waals surface area contributed by atoms with Crippen molar-refractivity contribution >= 4 is 201 Å². The van der Waals surface area contributed by atoms with Crippen LogP contribution in [0.15, 0.2) is 176 Å². The first kappa shape index (κ1) is 117. The van der Waals surface area contributed by atoms with E-state index in [0.29, 0.717) is 94.0 Å². The van der Waals surface area contributed by atoms with Gasteiger partial charge in [0.25, 0.3) is 10.0 Å². The number of esters is 2. The molecule has 788 valence electrons. The fourth-order valence-corrected chi connectivity index (χ4v) is 20.9. The molecule has 6 aromatic heterocycles. The maximum atomic E-state index is 13.3. The summed E-state index contributed by atoms with van der Waals surface area (Å²) in [7, 11) is -3.83. The number of carbonyl (C=O) groups is 6. The normalized spacial score (nSPS) is 19.3. The third-order valence-electron chi connectivity index (χ3n) is 25.6. The van der Waals surface area contributed by atoms with Crippen molar-refractivity contribution in [3.8, 4) is 0 Å². The summed E-state index contributed by atoms with van der Waals surface area (Å²) in [6, 6.07) is 39.1. The van der Waals surface area contributed by atoms with Crippen LogP contribution in [0.4, 0.5) is 40.1 Å². The Morgan fingerprint density at radius 1 is 0.466 bits per heavy atom. The van der Waals surface area contributed by atoms with Gasteiger partial charge in [-0.1, -0.05) is 123 Å². The zero-order valence-electron chi connectivity index (χ0n) is 85.4. The van der Waals surface area contributed by atoms with Crippen LogP contribution in [-0.4, -0.2) is 221 Å². The molecule has 31 nitrogen and oxygen atoms in total. The largest absolute Gasteiger partial charge is 0.460 e. The summed E-state index contributed by atoms with van der Waals surface area (Å²) < 4.78 is 38.3. The number of anilines is 7. The smallest absolute Gasteiger partial charge is 0.310 e. The molecule has 0 aliphatic carbocycles. The summed E-state index contributed by atoms with van der Waals surface area (Å²) in [5.41, 5.74) is 19.1. The van der Waals surface area contributed by atoms with Gasteiger partial charge in [0, 0.05) is 174 Å². The fraction of sp³-hybridized carbons (Fsp3) is 0.453. The Morgan fingerprint density at radius 2 is 0.884 bits per heavy atom. The zero-order chi connectivity index (χ0) is 106. The number of aromatic amines is 1. The second kappa shape index (κ2) is 55.5. The summed E-state index contributed by atoms with van der Waals surface area (Å²) in [4.78, 5) is 110. The molecule has 10 atom stereocenters. The van der Waals surface area contributed by atoms with Crippen LogP contribution in [0.3, 0.4) is 0 Å². The first-order chi connectivity index (χ1) is 69.1. The molecule has 11 aromatic rings. The average molecular weight is 2180 g/mol. The van der Waals surface area contributed by atoms with Crippen LogP contribution in [0, 0.1) is 32.6 Å². The number of nitrogens with one attached hydrogen (secondary N) is 8. The van der Waals surface area contributed by atoms with Crippen LogP contribution in [0.2, 0.25) is 40.2 Å². The molecule has 0 spiro atoms. The van der Waals surface area contributed by atoms with E-state index in [1.54, 1.807) is 116 Å². The van der Waals surface area contributed by atoms with Crippen molar-refractivity contribution in [2.45, 2.75) is 245 Å². The van der Waals surface area contributed by atoms with Gasteiger partial charge in [0.15, 0.2) is 5.65 Å². The number of nitrogens with zero attached hydrogens (tertiary/aromatic N) is 11. The van der Waals surface area contributed by atoms with Crippen LogP contribution in [0.25, 0.3) is 22.1 Å². The van der Waals surface area contributed by atoms with Gasteiger partial charge in [0.2, 0.25) is 23.6 Å². The van der Waals surface area contributed by atoms with Crippen molar-refractivity contribution in [3.05, 3.63) is 234 Å². The summed E-state index contributed by atoms with van der Waals surface area (Å²) in [6.07, 6.45) is 20.6. The van der Waals surface area contributed by atoms with Crippen LogP contribution < -0.4 is 48.7 Å². The quantitative estimate of drug-likeness (QED) is 0.0282. The number of rotatable bonds is 22. The molecule has 5 aromatic carbocycles. The first-order valence-electron chi connectivity index (χ1n) is 49.1. The van der Waals surface area contributed by atoms with E-state index in [1.165, 1.54) is 29.2 Å². The standard InChI is InChI=1S/C27H28Cl2N6O3S.C20H22Cl2N6O.C15H20Cl2N2O.C14H19Cl2N3O.C12H23NO2.C12H17NO2.C6H8N2/c1-17-5-7-22(8-6-17)39(37,38)35-11-9-23-26(31-16-32-27(23)35)33-24-4-3-10-34(18(24)2)25(36)15-30-21-13-19(28)12-20(29)14-21;1-12-17(27-20-16-4-5-23-19(16)25-11-26-20)3-2-6-28(12)18(29)10-24-15-8-13(21)7-14(22)9-15;1-10-4-3-5-19(11(10)2)15(20)9-18-14-7-12(16)6-13(17)8-14;1-9-13(17)3-2-4-19(9)14(20)8-18-12-6-10(15)5-11(16)7-12;2*1-9-10(6-5-7-13-9)8-11(14)15-12(2,3)4;1-5-6(7)3-2-4-8-5/h5-9,11-14,16,18,24,30H,3-4,10,15H2,1-2H3,(H,31,32,33);4-5,7-9,11-12,17,24H,2-3,6,10H2,1H3,(H2,23,25,26,27);6-8,10-11,18H,3-5,9H2,1-2H3;5-7,9,13,18H,2-4,8,17H2,1H3;9-10,13H,5-8H2,1-4H3;5-7H,8H2,1-4H3;2-4H,7H2,1H3. The molecule has 12 N–H and O–H groups in total. The minimum absolute atomic E-state index is 0.0324. The maximum Gasteiger partial charge on any atom is 0.310 e. The number of aromatic nitrogens is 8. The molecule has 5 fully saturated rings. The highest BCUT2D eigenvalue weighted by molar-refractivity contribution is 7.90. The minimum atomic E-state index is -3.83. The number of piperidine rings is 5. The lowest BCUT2D eigenvalue weighted by Crippen LogP contribution is -2.53. The molecule has 0 radical (unpaired) electrons. The van der Waals surface area contributed by atoms with Gasteiger partial charge >= 0.3 is 11.9 Å². The van der Waals surface area contributed by atoms with E-state index in [4.69, 9.17) is 114 Å². The number of nitrogens with two attached hydrogens (primary N) is 2. The Labute approximate surface area is 897 Å². The lowest BCUT2D eigenvalue weighted by Gasteiger charge is -2.40. The van der Waals surface area contributed by atoms with Gasteiger partial charge in [-0.25, -0.2) is 32.3 Å². The van der Waals surface area contributed by atoms with Crippen molar-refractivity contribution in [2.24, 2.45) is 17.6 Å². The van der Waals surface area contributed by atoms with E-state index in [0.717, 1.165) is 146 Å². The Morgan fingerprint density at radius 3 is 1.32 bits per heavy atom. The third kappa shape index (κ3) is 36.3. The van der Waals surface area contributed by atoms with Gasteiger partial charge in [-0.3, -0.25) is 38.7 Å². The van der Waals surface area contributed by atoms with Gasteiger partial charge in [-0.2, -0.15) is 0 Å². The maximum absolute atomic E-state index is 13.3. The molecule has 0 bridgehead atoms. The lowest BCUT2D eigenvalue weighted by atomic mass is 9.89. The predicted molar refractivity (Wildman–Crippen MR) is 591 cm³/mol. The van der Waals surface area contributed by atoms with Gasteiger partial charge < -0.3 is 82.7 Å². The number of fused-ring (bicyclic) bond motifs is 2. The molecule has 5 aliphatic rings. The molecule has 5 aliphatic heterocycles. The SMILES string of the molecule is CC1C(N)CCCN1C(=O)CNc1cc(Cl)cc(Cl)c1.CC1C(Nc2ncnc3[nH]ccc23)CCCN1C(=O)CNc1cc(Cl)cc(Cl)c1.CC1CCCN(C(=O)CNc2cc(Cl)cc(Cl)c2)C1C.CC1NCCCC1CC(=O)OC(C)(C)C.Cc1ccc(S(=O)(=O)n2ccc3c(NC4CCCN(C(=O)CNc5cc(Cl)cc(Cl)c5)C4C)ncnc32)cc1.Cc1ncccc1CC(=O)OC(C)(C)C.Cc1ncccc1N. The molecule has 16 rings (SSSR count). The number of pyridine rings is 2. The number of amides is 4. The monoisotopic (exact) mass is 2180 g/mol. The first-order valence-corrected chi connectivity index (χ1v) is 53.6. The number of hydrogen-bond acceptors (Lipinski definition) is 25. The van der Waals surface area contributed by atoms with Gasteiger partial charge in [-0.15, -0.1) is 0 Å². The van der Waals surface area contributed by atoms with Crippen molar-refractivity contribution in [3.63, 3.8) is 0 Å². The average Bonchev–Trinajstić information content (AvgIpc) is 1.61. The number of hydrogen-bond donors (Lipinski definition) is 10. The number of nitrogen functional groups attached to an aromatic ring is 1. The summed E-state index contributed by atoms with van der Waals surface area (Å²) in [6.45, 7) is 34.4. The van der Waals surface area contributed by atoms with E-state index in [2.05, 4.69) is 99.8 Å². The highest BCUT2D eigenvalue weighted by Gasteiger charge is 2.36. The van der Waals surface area contributed by atoms with Crippen LogP contribution in [-0.2, 0) is 54.7 Å². The van der Waals surface area contributed by atoms with E-state index in [9.17, 15) is 37.2 Å². The molecule has 0 saturated carbocycles. The summed E-state index contributed by atoms with van der Waals surface area (Å²) in [5.74, 6) is 2.19. The van der Waals surface area contributed by atoms with E-state index < -0.39 is 15.6 Å². The van der Waals surface area contributed by atoms with Crippen molar-refractivity contribution in [1.29, 1.82) is 0 Å². The molecule has 4 amide bonds. The second-order valence-corrected chi connectivity index (χ2v) is 44.4. The zero-order valence-corrected chi connectivity index (χ0v) is 92.2. The van der Waals surface area contributed by atoms with Gasteiger partial charge in [0.05, 0.1) is 59.6 Å². The number of ether oxygens (including phenoxy) is 2. The van der Waals surface area contributed by atoms with Gasteiger partial charge in [-0.05, 0) is 300 Å². The van der Waals surface area contributed by atoms with E-state index in [-0.39, 0.29) is 121 Å². The Hall–Kier alpha value is -10.8. The third-order valence-corrected chi connectivity index (χ3v) is 29.0. The fourth-order valence-electron chi connectivity index (χ4n) is 17.4. The van der Waals surface area contributed by atoms with Crippen LogP contribution in [0.5, 0.6) is 0 Å². The molecular formula is C106H137Cl8N21O10S. The topological polar surface area (TPSA) is 402 Å². The van der Waals surface area contributed by atoms with E-state index in [1.807, 2.05) is 132 Å². The predicted octanol–water partition coefficient (Wildman–Crippen LogP) is 21.5. The highest BCUT2D eigenvalue weighted by atomic mass is 35.5. The minimum Gasteiger partial charge on any atom is -0.460 e. The number of carbonyl (C=O) groups excluding carboxylic acids is 6. The molecule has 10 unspecified atom stereocenters. The molecule has 146 heavy (non-hydrogen) atoms. The lowest BCUT2D eigenvalue weighted by molar-refractivity contribution is -0.156. The second-order valence-electron chi connectivity index (χ2n) is 39.0. The van der Waals surface area contributed by atoms with Crippen LogP contribution in [0.1, 0.15) is 176 Å². The number of H-pyrrole nitrogens is 1. The van der Waals surface area contributed by atoms with Crippen molar-refractivity contribution < 1.29 is 46.7 Å². The van der Waals surface area contributed by atoms with Gasteiger partial charge in [0.1, 0.15) is 41.1 Å². The number of aryl methyl sites for hydroxylation is 3. The summed E-state index contributed by atoms with van der Waals surface area (Å²) >= 11 is 47.9. The molecule has 5 saturated heterocycles. The molecule has 11 heterocycles. The Bertz CT molecular complexity index is 6120. The van der Waals surface area contributed by atoms with Crippen LogP contribution >= 0.6 is 92.8 Å². The Balaban J connectivity index is 0.000000183. The highest BCUT2D eigenvalue weighted by Crippen LogP contribution is 2.34. The van der Waals surface area contributed by atoms with Crippen molar-refractivity contribution in [2.75, 3.05) is 96.5 Å². The summed E-state index contributed by atoms with van der Waals surface area (Å²) in [5, 5.41) is 28.5. The number of halogens is 8. The molecular weight excluding hydrogens is 2040 g/mol. The van der Waals surface area contributed by atoms with Crippen molar-refractivity contribution in [1.82, 2.24) is 63.8 Å². The molecule has 40 heteroatoms. The Kier molecular flexibility index (Phi) is 44.5. The van der Waals surface area contributed by atoms with E-state index >= 15 is 0 Å². The number of benzene rings is 5.